The topological polar surface area (TPSA) is 69.2 Å². The molecule has 1 aromatic carbocycles. The van der Waals surface area contributed by atoms with Gasteiger partial charge in [-0.15, -0.1) is 0 Å². The Morgan fingerprint density at radius 2 is 2.07 bits per heavy atom. The van der Waals surface area contributed by atoms with E-state index in [9.17, 15) is 0 Å². The summed E-state index contributed by atoms with van der Waals surface area (Å²) in [5.74, 6) is 2.54. The van der Waals surface area contributed by atoms with Gasteiger partial charge in [0.15, 0.2) is 5.82 Å². The van der Waals surface area contributed by atoms with Gasteiger partial charge in [0.05, 0.1) is 30.2 Å². The Kier molecular flexibility index (Phi) is 5.73. The van der Waals surface area contributed by atoms with Gasteiger partial charge in [0.1, 0.15) is 5.82 Å². The Bertz CT molecular complexity index is 917. The number of hydrogen-bond acceptors (Lipinski definition) is 6. The maximum atomic E-state index is 5.62. The standard InChI is InChI=1S/C21H29N5O2/c1-15(2)26-17-9-5-4-8-16(17)22-20(26)14-25-12-7-6-10-18(25)21-23-19(24-28-21)11-13-27-3/h4-5,8-9,15,18H,6-7,10-14H2,1-3H3. The highest BCUT2D eigenvalue weighted by Crippen LogP contribution is 2.32. The number of hydrogen-bond donors (Lipinski definition) is 0. The third-order valence-electron chi connectivity index (χ3n) is 5.44. The molecule has 4 rings (SSSR count). The van der Waals surface area contributed by atoms with Crippen molar-refractivity contribution in [3.63, 3.8) is 0 Å². The SMILES string of the molecule is COCCc1noc(C2CCCCN2Cc2nc3ccccc3n2C(C)C)n1. The fourth-order valence-corrected chi connectivity index (χ4v) is 4.12. The first kappa shape index (κ1) is 19.1. The van der Waals surface area contributed by atoms with Gasteiger partial charge in [-0.2, -0.15) is 4.98 Å². The lowest BCUT2D eigenvalue weighted by atomic mass is 10.0. The highest BCUT2D eigenvalue weighted by Gasteiger charge is 2.30. The molecule has 3 heterocycles. The highest BCUT2D eigenvalue weighted by atomic mass is 16.5. The van der Waals surface area contributed by atoms with E-state index in [0.29, 0.717) is 19.1 Å². The Balaban J connectivity index is 1.60. The summed E-state index contributed by atoms with van der Waals surface area (Å²) < 4.78 is 13.1. The molecule has 2 aromatic heterocycles. The van der Waals surface area contributed by atoms with Gasteiger partial charge in [0.2, 0.25) is 5.89 Å². The van der Waals surface area contributed by atoms with Crippen LogP contribution >= 0.6 is 0 Å². The molecule has 0 spiro atoms. The van der Waals surface area contributed by atoms with E-state index >= 15 is 0 Å². The molecule has 0 bridgehead atoms. The molecule has 150 valence electrons. The predicted octanol–water partition coefficient (Wildman–Crippen LogP) is 3.92. The number of fused-ring (bicyclic) bond motifs is 1. The summed E-state index contributed by atoms with van der Waals surface area (Å²) in [5.41, 5.74) is 2.25. The Morgan fingerprint density at radius 3 is 2.89 bits per heavy atom. The summed E-state index contributed by atoms with van der Waals surface area (Å²) in [7, 11) is 1.69. The lowest BCUT2D eigenvalue weighted by molar-refractivity contribution is 0.107. The number of benzene rings is 1. The van der Waals surface area contributed by atoms with E-state index in [1.807, 2.05) is 6.07 Å². The molecule has 7 nitrogen and oxygen atoms in total. The van der Waals surface area contributed by atoms with E-state index in [2.05, 4.69) is 51.7 Å². The van der Waals surface area contributed by atoms with Crippen molar-refractivity contribution in [3.05, 3.63) is 41.8 Å². The monoisotopic (exact) mass is 383 g/mol. The zero-order chi connectivity index (χ0) is 19.5. The first-order valence-corrected chi connectivity index (χ1v) is 10.2. The second kappa shape index (κ2) is 8.41. The summed E-state index contributed by atoms with van der Waals surface area (Å²) >= 11 is 0. The Labute approximate surface area is 165 Å². The van der Waals surface area contributed by atoms with Crippen LogP contribution in [0.25, 0.3) is 11.0 Å². The summed E-state index contributed by atoms with van der Waals surface area (Å²) in [6.07, 6.45) is 4.07. The van der Waals surface area contributed by atoms with E-state index < -0.39 is 0 Å². The number of rotatable bonds is 7. The number of para-hydroxylation sites is 2. The smallest absolute Gasteiger partial charge is 0.244 e. The van der Waals surface area contributed by atoms with Crippen LogP contribution in [0.4, 0.5) is 0 Å². The van der Waals surface area contributed by atoms with Crippen LogP contribution in [0.5, 0.6) is 0 Å². The van der Waals surface area contributed by atoms with Crippen LogP contribution in [0.1, 0.15) is 62.7 Å². The summed E-state index contributed by atoms with van der Waals surface area (Å²) in [4.78, 5) is 12.0. The van der Waals surface area contributed by atoms with Gasteiger partial charge in [0.25, 0.3) is 0 Å². The number of methoxy groups -OCH3 is 1. The molecular weight excluding hydrogens is 354 g/mol. The lowest BCUT2D eigenvalue weighted by Gasteiger charge is -2.33. The second-order valence-corrected chi connectivity index (χ2v) is 7.75. The average Bonchev–Trinajstić information content (AvgIpc) is 3.31. The molecule has 1 saturated heterocycles. The first-order chi connectivity index (χ1) is 13.7. The first-order valence-electron chi connectivity index (χ1n) is 10.2. The van der Waals surface area contributed by atoms with Gasteiger partial charge in [-0.1, -0.05) is 23.7 Å². The van der Waals surface area contributed by atoms with Crippen LogP contribution in [0, 0.1) is 0 Å². The molecular formula is C21H29N5O2. The van der Waals surface area contributed by atoms with Crippen LogP contribution in [0.15, 0.2) is 28.8 Å². The zero-order valence-corrected chi connectivity index (χ0v) is 17.0. The normalized spacial score (nSPS) is 18.4. The maximum Gasteiger partial charge on any atom is 0.244 e. The summed E-state index contributed by atoms with van der Waals surface area (Å²) in [6.45, 7) is 6.83. The van der Waals surface area contributed by atoms with Gasteiger partial charge < -0.3 is 13.8 Å². The van der Waals surface area contributed by atoms with Crippen molar-refractivity contribution >= 4 is 11.0 Å². The molecule has 1 unspecified atom stereocenters. The highest BCUT2D eigenvalue weighted by molar-refractivity contribution is 5.76. The van der Waals surface area contributed by atoms with E-state index in [1.165, 1.54) is 18.4 Å². The summed E-state index contributed by atoms with van der Waals surface area (Å²) in [5, 5.41) is 4.14. The molecule has 1 aliphatic heterocycles. The van der Waals surface area contributed by atoms with Crippen LogP contribution in [0.3, 0.4) is 0 Å². The molecule has 0 aliphatic carbocycles. The average molecular weight is 383 g/mol. The van der Waals surface area contributed by atoms with Crippen molar-refractivity contribution in [1.29, 1.82) is 0 Å². The molecule has 1 aliphatic rings. The van der Waals surface area contributed by atoms with Crippen LogP contribution in [0.2, 0.25) is 0 Å². The maximum absolute atomic E-state index is 5.62. The van der Waals surface area contributed by atoms with Gasteiger partial charge in [-0.3, -0.25) is 4.90 Å². The molecule has 7 heteroatoms. The molecule has 3 aromatic rings. The summed E-state index contributed by atoms with van der Waals surface area (Å²) in [6, 6.07) is 8.88. The quantitative estimate of drug-likeness (QED) is 0.616. The minimum atomic E-state index is 0.151. The van der Waals surface area contributed by atoms with Crippen molar-refractivity contribution < 1.29 is 9.26 Å². The largest absolute Gasteiger partial charge is 0.384 e. The number of imidazole rings is 1. The fourth-order valence-electron chi connectivity index (χ4n) is 4.12. The molecule has 1 fully saturated rings. The minimum absolute atomic E-state index is 0.151. The van der Waals surface area contributed by atoms with E-state index in [-0.39, 0.29) is 6.04 Å². The van der Waals surface area contributed by atoms with E-state index in [0.717, 1.165) is 42.6 Å². The van der Waals surface area contributed by atoms with Crippen molar-refractivity contribution in [3.8, 4) is 0 Å². The zero-order valence-electron chi connectivity index (χ0n) is 17.0. The fraction of sp³-hybridized carbons (Fsp3) is 0.571. The Morgan fingerprint density at radius 1 is 1.21 bits per heavy atom. The molecule has 0 N–H and O–H groups in total. The van der Waals surface area contributed by atoms with Crippen LogP contribution < -0.4 is 0 Å². The van der Waals surface area contributed by atoms with Crippen molar-refractivity contribution in [2.75, 3.05) is 20.3 Å². The minimum Gasteiger partial charge on any atom is -0.384 e. The molecule has 28 heavy (non-hydrogen) atoms. The van der Waals surface area contributed by atoms with Crippen molar-refractivity contribution in [1.82, 2.24) is 24.6 Å². The van der Waals surface area contributed by atoms with Gasteiger partial charge in [0, 0.05) is 19.6 Å². The number of likely N-dealkylation sites (tertiary alicyclic amines) is 1. The molecule has 0 radical (unpaired) electrons. The van der Waals surface area contributed by atoms with Gasteiger partial charge >= 0.3 is 0 Å². The molecule has 0 saturated carbocycles. The molecule has 0 amide bonds. The van der Waals surface area contributed by atoms with Gasteiger partial charge in [-0.25, -0.2) is 4.98 Å². The van der Waals surface area contributed by atoms with Crippen LogP contribution in [-0.4, -0.2) is 44.9 Å². The van der Waals surface area contributed by atoms with Crippen molar-refractivity contribution in [2.24, 2.45) is 0 Å². The number of piperidine rings is 1. The second-order valence-electron chi connectivity index (χ2n) is 7.75. The lowest BCUT2D eigenvalue weighted by Crippen LogP contribution is -2.34. The van der Waals surface area contributed by atoms with E-state index in [1.54, 1.807) is 7.11 Å². The number of nitrogens with zero attached hydrogens (tertiary/aromatic N) is 5. The van der Waals surface area contributed by atoms with E-state index in [4.69, 9.17) is 14.2 Å². The number of ether oxygens (including phenoxy) is 1. The third-order valence-corrected chi connectivity index (χ3v) is 5.44. The third kappa shape index (κ3) is 3.82. The van der Waals surface area contributed by atoms with Crippen molar-refractivity contribution in [2.45, 2.75) is 58.2 Å². The number of aromatic nitrogens is 4. The van der Waals surface area contributed by atoms with Crippen LogP contribution in [-0.2, 0) is 17.7 Å². The van der Waals surface area contributed by atoms with Gasteiger partial charge in [-0.05, 0) is 45.4 Å². The Hall–Kier alpha value is -2.25. The predicted molar refractivity (Wildman–Crippen MR) is 107 cm³/mol. The molecule has 1 atom stereocenters.